The number of nitrogens with one attached hydrogen (secondary N) is 2. The first-order valence-corrected chi connectivity index (χ1v) is 14.9. The molecular weight excluding hydrogens is 557 g/mol. The number of anilines is 3. The number of amides is 1. The summed E-state index contributed by atoms with van der Waals surface area (Å²) in [5, 5.41) is 3.96. The van der Waals surface area contributed by atoms with Crippen LogP contribution in [0.5, 0.6) is 0 Å². The fourth-order valence-corrected chi connectivity index (χ4v) is 6.48. The number of hydrogen-bond acceptors (Lipinski definition) is 7. The van der Waals surface area contributed by atoms with E-state index in [2.05, 4.69) is 10.0 Å². The summed E-state index contributed by atoms with van der Waals surface area (Å²) in [5.41, 5.74) is 0.960. The van der Waals surface area contributed by atoms with Crippen molar-refractivity contribution in [3.8, 4) is 0 Å². The number of halogens is 2. The van der Waals surface area contributed by atoms with Gasteiger partial charge in [-0.15, -0.1) is 0 Å². The van der Waals surface area contributed by atoms with E-state index in [9.17, 15) is 30.8 Å². The first-order valence-electron chi connectivity index (χ1n) is 11.1. The molecule has 1 atom stereocenters. The number of sulfone groups is 1. The minimum atomic E-state index is -4.18. The van der Waals surface area contributed by atoms with E-state index < -0.39 is 43.3 Å². The van der Waals surface area contributed by atoms with Gasteiger partial charge in [-0.2, -0.15) is 0 Å². The summed E-state index contributed by atoms with van der Waals surface area (Å²) in [7, 11) is -7.83. The van der Waals surface area contributed by atoms with Crippen LogP contribution in [-0.2, 0) is 31.2 Å². The van der Waals surface area contributed by atoms with E-state index in [-0.39, 0.29) is 44.8 Å². The van der Waals surface area contributed by atoms with Crippen molar-refractivity contribution in [1.29, 1.82) is 0 Å². The number of hydrogen-bond donors (Lipinski definition) is 2. The molecule has 196 valence electrons. The van der Waals surface area contributed by atoms with Gasteiger partial charge in [0.15, 0.2) is 5.78 Å². The molecule has 9 nitrogen and oxygen atoms in total. The van der Waals surface area contributed by atoms with Crippen LogP contribution in [0, 0.1) is 11.7 Å². The molecule has 0 bridgehead atoms. The van der Waals surface area contributed by atoms with Crippen molar-refractivity contribution in [3.63, 3.8) is 0 Å². The zero-order chi connectivity index (χ0) is 27.4. The SMILES string of the molecule is CS(=O)(=O)Nc1ccc2c(c1)S(=O)(=O)C=C(C1C(=O)c3ccc(Cl)cc3N(Cc3ccc(F)cc3)C1=O)N2. The normalized spacial score (nSPS) is 18.2. The molecule has 0 aromatic heterocycles. The highest BCUT2D eigenvalue weighted by Gasteiger charge is 2.44. The lowest BCUT2D eigenvalue weighted by molar-refractivity contribution is -0.120. The topological polar surface area (TPSA) is 130 Å². The molecule has 0 fully saturated rings. The van der Waals surface area contributed by atoms with Crippen LogP contribution in [-0.4, -0.2) is 34.8 Å². The van der Waals surface area contributed by atoms with E-state index in [1.165, 1.54) is 59.5 Å². The van der Waals surface area contributed by atoms with Crippen molar-refractivity contribution >= 4 is 60.2 Å². The third-order valence-electron chi connectivity index (χ3n) is 6.01. The van der Waals surface area contributed by atoms with Gasteiger partial charge in [-0.3, -0.25) is 14.3 Å². The lowest BCUT2D eigenvalue weighted by atomic mass is 9.87. The summed E-state index contributed by atoms with van der Waals surface area (Å²) in [6.07, 6.45) is 0.931. The largest absolute Gasteiger partial charge is 0.356 e. The number of carbonyl (C=O) groups excluding carboxylic acids is 2. The molecule has 0 radical (unpaired) electrons. The van der Waals surface area contributed by atoms with Gasteiger partial charge in [0.1, 0.15) is 11.7 Å². The first kappa shape index (κ1) is 25.9. The summed E-state index contributed by atoms with van der Waals surface area (Å²) in [4.78, 5) is 28.4. The minimum Gasteiger partial charge on any atom is -0.356 e. The lowest BCUT2D eigenvalue weighted by Gasteiger charge is -2.35. The molecule has 0 spiro atoms. The summed E-state index contributed by atoms with van der Waals surface area (Å²) >= 11 is 6.15. The van der Waals surface area contributed by atoms with Gasteiger partial charge in [0.2, 0.25) is 25.8 Å². The van der Waals surface area contributed by atoms with Gasteiger partial charge in [0.05, 0.1) is 34.5 Å². The maximum Gasteiger partial charge on any atom is 0.244 e. The average molecular weight is 576 g/mol. The maximum atomic E-state index is 13.7. The molecule has 13 heteroatoms. The van der Waals surface area contributed by atoms with Crippen LogP contribution in [0.4, 0.5) is 21.5 Å². The molecule has 3 aromatic rings. The Morgan fingerprint density at radius 2 is 1.76 bits per heavy atom. The second-order valence-electron chi connectivity index (χ2n) is 8.84. The van der Waals surface area contributed by atoms with Crippen molar-refractivity contribution in [1.82, 2.24) is 0 Å². The number of benzene rings is 3. The molecule has 0 aliphatic carbocycles. The Kier molecular flexibility index (Phi) is 6.28. The first-order chi connectivity index (χ1) is 17.8. The third kappa shape index (κ3) is 4.89. The number of Topliss-reactive ketones (excluding diaryl/α,β-unsaturated/α-hetero) is 1. The Morgan fingerprint density at radius 3 is 2.45 bits per heavy atom. The highest BCUT2D eigenvalue weighted by Crippen LogP contribution is 2.40. The monoisotopic (exact) mass is 575 g/mol. The molecule has 0 saturated heterocycles. The van der Waals surface area contributed by atoms with E-state index in [0.29, 0.717) is 5.56 Å². The molecule has 1 amide bonds. The maximum absolute atomic E-state index is 13.7. The minimum absolute atomic E-state index is 0.0205. The van der Waals surface area contributed by atoms with Crippen molar-refractivity contribution in [2.75, 3.05) is 21.2 Å². The number of ketones is 1. The zero-order valence-electron chi connectivity index (χ0n) is 19.6. The van der Waals surface area contributed by atoms with Gasteiger partial charge >= 0.3 is 0 Å². The fraction of sp³-hybridized carbons (Fsp3) is 0.120. The smallest absolute Gasteiger partial charge is 0.244 e. The van der Waals surface area contributed by atoms with E-state index in [4.69, 9.17) is 11.6 Å². The van der Waals surface area contributed by atoms with Gasteiger partial charge in [0, 0.05) is 22.0 Å². The van der Waals surface area contributed by atoms with Crippen molar-refractivity contribution in [3.05, 3.63) is 93.7 Å². The van der Waals surface area contributed by atoms with Crippen LogP contribution >= 0.6 is 11.6 Å². The fourth-order valence-electron chi connectivity index (χ4n) is 4.38. The van der Waals surface area contributed by atoms with E-state index in [1.54, 1.807) is 0 Å². The van der Waals surface area contributed by atoms with E-state index in [0.717, 1.165) is 17.7 Å². The van der Waals surface area contributed by atoms with E-state index >= 15 is 0 Å². The Hall–Kier alpha value is -3.74. The molecule has 38 heavy (non-hydrogen) atoms. The van der Waals surface area contributed by atoms with Crippen LogP contribution in [0.2, 0.25) is 5.02 Å². The molecule has 3 aromatic carbocycles. The number of rotatable bonds is 5. The quantitative estimate of drug-likeness (QED) is 0.441. The molecule has 2 aliphatic rings. The standard InChI is InChI=1S/C25H19ClFN3O6S2/c1-37(33,34)29-17-7-9-19-22(11-17)38(35,36)13-20(28-19)23-24(31)18-8-4-15(26)10-21(18)30(25(23)32)12-14-2-5-16(27)6-3-14/h2-11,13,23,28-29H,12H2,1H3. The Morgan fingerprint density at radius 1 is 1.05 bits per heavy atom. The molecule has 1 unspecified atom stereocenters. The predicted octanol–water partition coefficient (Wildman–Crippen LogP) is 3.94. The summed E-state index contributed by atoms with van der Waals surface area (Å²) < 4.78 is 65.1. The van der Waals surface area contributed by atoms with Gasteiger partial charge in [-0.25, -0.2) is 21.2 Å². The van der Waals surface area contributed by atoms with Crippen LogP contribution in [0.15, 0.2) is 76.7 Å². The Labute approximate surface area is 222 Å². The van der Waals surface area contributed by atoms with Gasteiger partial charge in [0.25, 0.3) is 0 Å². The van der Waals surface area contributed by atoms with E-state index in [1.807, 2.05) is 0 Å². The zero-order valence-corrected chi connectivity index (χ0v) is 22.0. The predicted molar refractivity (Wildman–Crippen MR) is 141 cm³/mol. The van der Waals surface area contributed by atoms with Gasteiger partial charge in [-0.1, -0.05) is 23.7 Å². The van der Waals surface area contributed by atoms with Gasteiger partial charge in [-0.05, 0) is 54.1 Å². The Balaban J connectivity index is 1.57. The van der Waals surface area contributed by atoms with Crippen LogP contribution in [0.1, 0.15) is 15.9 Å². The average Bonchev–Trinajstić information content (AvgIpc) is 2.82. The van der Waals surface area contributed by atoms with Crippen LogP contribution < -0.4 is 14.9 Å². The third-order valence-corrected chi connectivity index (χ3v) is 8.37. The summed E-state index contributed by atoms with van der Waals surface area (Å²) in [6.45, 7) is -0.0205. The molecule has 2 aliphatic heterocycles. The van der Waals surface area contributed by atoms with Crippen LogP contribution in [0.25, 0.3) is 0 Å². The highest BCUT2D eigenvalue weighted by atomic mass is 35.5. The number of sulfonamides is 1. The summed E-state index contributed by atoms with van der Waals surface area (Å²) in [5.74, 6) is -3.28. The van der Waals surface area contributed by atoms with Crippen molar-refractivity contribution in [2.24, 2.45) is 5.92 Å². The van der Waals surface area contributed by atoms with Crippen molar-refractivity contribution < 1.29 is 30.8 Å². The molecular formula is C25H19ClFN3O6S2. The summed E-state index contributed by atoms with van der Waals surface area (Å²) in [6, 6.07) is 13.8. The molecule has 5 rings (SSSR count). The van der Waals surface area contributed by atoms with Crippen molar-refractivity contribution in [2.45, 2.75) is 11.4 Å². The van der Waals surface area contributed by atoms with Gasteiger partial charge < -0.3 is 10.2 Å². The second kappa shape index (κ2) is 9.22. The Bertz CT molecular complexity index is 1760. The second-order valence-corrected chi connectivity index (χ2v) is 12.8. The van der Waals surface area contributed by atoms with Crippen LogP contribution in [0.3, 0.4) is 0 Å². The molecule has 0 saturated carbocycles. The molecule has 2 N–H and O–H groups in total. The highest BCUT2D eigenvalue weighted by molar-refractivity contribution is 7.94. The number of fused-ring (bicyclic) bond motifs is 2. The molecule has 2 heterocycles. The number of carbonyl (C=O) groups is 2. The number of nitrogens with zero attached hydrogens (tertiary/aromatic N) is 1. The lowest BCUT2D eigenvalue weighted by Crippen LogP contribution is -2.46.